The summed E-state index contributed by atoms with van der Waals surface area (Å²) in [5, 5.41) is 0. The van der Waals surface area contributed by atoms with Gasteiger partial charge >= 0.3 is 0 Å². The van der Waals surface area contributed by atoms with Crippen molar-refractivity contribution in [1.82, 2.24) is 4.90 Å². The van der Waals surface area contributed by atoms with E-state index in [0.29, 0.717) is 19.6 Å². The van der Waals surface area contributed by atoms with E-state index in [-0.39, 0.29) is 34.6 Å². The molecule has 29 heavy (non-hydrogen) atoms. The van der Waals surface area contributed by atoms with Gasteiger partial charge in [-0.2, -0.15) is 0 Å². The molecule has 3 rings (SSSR count). The summed E-state index contributed by atoms with van der Waals surface area (Å²) in [7, 11) is 1.65. The molecule has 2 amide bonds. The molecule has 158 valence electrons. The largest absolute Gasteiger partial charge is 0.497 e. The number of hydrogen-bond donors (Lipinski definition) is 0. The lowest BCUT2D eigenvalue weighted by atomic mass is 9.74. The zero-order valence-corrected chi connectivity index (χ0v) is 18.2. The van der Waals surface area contributed by atoms with Crippen molar-refractivity contribution in [3.05, 3.63) is 42.0 Å². The number of benzene rings is 1. The summed E-state index contributed by atoms with van der Waals surface area (Å²) >= 11 is 0. The Balaban J connectivity index is 1.46. The van der Waals surface area contributed by atoms with Crippen LogP contribution in [-0.4, -0.2) is 36.0 Å². The number of likely N-dealkylation sites (tertiary alicyclic amines) is 1. The lowest BCUT2D eigenvalue weighted by molar-refractivity contribution is -0.153. The molecule has 0 spiro atoms. The molecule has 2 bridgehead atoms. The van der Waals surface area contributed by atoms with Gasteiger partial charge in [-0.05, 0) is 49.3 Å². The fourth-order valence-corrected chi connectivity index (χ4v) is 4.72. The summed E-state index contributed by atoms with van der Waals surface area (Å²) in [6, 6.07) is 7.78. The van der Waals surface area contributed by atoms with Crippen molar-refractivity contribution in [2.75, 3.05) is 13.7 Å². The maximum Gasteiger partial charge on any atom is 0.233 e. The molecule has 1 saturated carbocycles. The second-order valence-electron chi connectivity index (χ2n) is 9.07. The van der Waals surface area contributed by atoms with Crippen LogP contribution in [0.4, 0.5) is 0 Å². The Kier molecular flexibility index (Phi) is 6.18. The monoisotopic (exact) mass is 399 g/mol. The van der Waals surface area contributed by atoms with E-state index < -0.39 is 0 Å². The normalized spacial score (nSPS) is 26.3. The molecule has 0 unspecified atom stereocenters. The minimum atomic E-state index is -0.356. The average molecular weight is 400 g/mol. The van der Waals surface area contributed by atoms with Crippen molar-refractivity contribution in [2.24, 2.45) is 17.3 Å². The first-order chi connectivity index (χ1) is 13.7. The highest BCUT2D eigenvalue weighted by atomic mass is 16.5. The van der Waals surface area contributed by atoms with Crippen LogP contribution in [0.3, 0.4) is 0 Å². The minimum Gasteiger partial charge on any atom is -0.497 e. The van der Waals surface area contributed by atoms with Crippen LogP contribution in [0, 0.1) is 17.3 Å². The summed E-state index contributed by atoms with van der Waals surface area (Å²) in [6.45, 7) is 9.25. The van der Waals surface area contributed by atoms with E-state index in [1.165, 1.54) is 0 Å². The minimum absolute atomic E-state index is 0.0207. The van der Waals surface area contributed by atoms with Crippen molar-refractivity contribution in [2.45, 2.75) is 59.1 Å². The number of hydrogen-bond acceptors (Lipinski definition) is 4. The highest BCUT2D eigenvalue weighted by Crippen LogP contribution is 2.59. The Labute approximate surface area is 174 Å². The smallest absolute Gasteiger partial charge is 0.233 e. The molecular formula is C24H33NO4. The maximum absolute atomic E-state index is 13.0. The number of nitrogens with zero attached hydrogens (tertiary/aromatic N) is 1. The number of methoxy groups -OCH3 is 1. The van der Waals surface area contributed by atoms with Gasteiger partial charge in [0.1, 0.15) is 5.75 Å². The summed E-state index contributed by atoms with van der Waals surface area (Å²) < 4.78 is 10.8. The average Bonchev–Trinajstić information content (AvgIpc) is 3.01. The predicted octanol–water partition coefficient (Wildman–Crippen LogP) is 4.36. The molecule has 0 radical (unpaired) electrons. The number of ether oxygens (including phenoxy) is 2. The number of fused-ring (bicyclic) bond motifs is 2. The van der Waals surface area contributed by atoms with Crippen molar-refractivity contribution >= 4 is 11.8 Å². The van der Waals surface area contributed by atoms with Gasteiger partial charge in [0.2, 0.25) is 11.8 Å². The highest BCUT2D eigenvalue weighted by Gasteiger charge is 2.66. The molecular weight excluding hydrogens is 366 g/mol. The Morgan fingerprint density at radius 2 is 1.93 bits per heavy atom. The van der Waals surface area contributed by atoms with Gasteiger partial charge in [-0.15, -0.1) is 0 Å². The van der Waals surface area contributed by atoms with E-state index in [9.17, 15) is 9.59 Å². The highest BCUT2D eigenvalue weighted by molar-refractivity contribution is 6.01. The lowest BCUT2D eigenvalue weighted by Crippen LogP contribution is -2.53. The number of imide groups is 1. The van der Waals surface area contributed by atoms with Crippen molar-refractivity contribution in [3.63, 3.8) is 0 Å². The number of allylic oxidation sites excluding steroid dienone is 1. The summed E-state index contributed by atoms with van der Waals surface area (Å²) in [6.07, 6.45) is 6.32. The number of carbonyl (C=O) groups excluding carboxylic acids is 2. The zero-order chi connectivity index (χ0) is 21.2. The summed E-state index contributed by atoms with van der Waals surface area (Å²) in [5.74, 6) is 0.563. The number of carbonyl (C=O) groups is 2. The Hall–Kier alpha value is -2.14. The third-order valence-corrected chi connectivity index (χ3v) is 7.13. The fraction of sp³-hybridized carbons (Fsp3) is 0.583. The molecule has 0 N–H and O–H groups in total. The van der Waals surface area contributed by atoms with Gasteiger partial charge < -0.3 is 9.47 Å². The van der Waals surface area contributed by atoms with Gasteiger partial charge in [0.15, 0.2) is 0 Å². The second-order valence-corrected chi connectivity index (χ2v) is 9.07. The first kappa shape index (κ1) is 21.6. The molecule has 5 heteroatoms. The van der Waals surface area contributed by atoms with E-state index >= 15 is 0 Å². The van der Waals surface area contributed by atoms with E-state index in [0.717, 1.165) is 24.2 Å². The van der Waals surface area contributed by atoms with Gasteiger partial charge in [-0.3, -0.25) is 14.5 Å². The van der Waals surface area contributed by atoms with Crippen LogP contribution in [-0.2, 0) is 20.9 Å². The molecule has 1 aromatic carbocycles. The van der Waals surface area contributed by atoms with Crippen LogP contribution in [0.15, 0.2) is 36.4 Å². The van der Waals surface area contributed by atoms with Gasteiger partial charge in [0.05, 0.1) is 25.9 Å². The quantitative estimate of drug-likeness (QED) is 0.481. The van der Waals surface area contributed by atoms with Crippen molar-refractivity contribution in [3.8, 4) is 5.75 Å². The number of piperidine rings is 1. The van der Waals surface area contributed by atoms with Crippen LogP contribution in [0.1, 0.15) is 52.5 Å². The molecule has 5 nitrogen and oxygen atoms in total. The molecule has 0 aromatic heterocycles. The molecule has 1 aliphatic carbocycles. The van der Waals surface area contributed by atoms with E-state index in [4.69, 9.17) is 9.47 Å². The topological polar surface area (TPSA) is 55.8 Å². The van der Waals surface area contributed by atoms with E-state index in [1.54, 1.807) is 12.0 Å². The van der Waals surface area contributed by atoms with Crippen LogP contribution in [0.2, 0.25) is 0 Å². The maximum atomic E-state index is 13.0. The van der Waals surface area contributed by atoms with Gasteiger partial charge in [-0.1, -0.05) is 45.1 Å². The third-order valence-electron chi connectivity index (χ3n) is 7.13. The molecule has 3 atom stereocenters. The van der Waals surface area contributed by atoms with Crippen molar-refractivity contribution in [1.29, 1.82) is 0 Å². The van der Waals surface area contributed by atoms with E-state index in [1.807, 2.05) is 43.3 Å². The number of amides is 2. The van der Waals surface area contributed by atoms with Gasteiger partial charge in [0, 0.05) is 11.8 Å². The van der Waals surface area contributed by atoms with Gasteiger partial charge in [0.25, 0.3) is 0 Å². The van der Waals surface area contributed by atoms with Crippen LogP contribution < -0.4 is 4.74 Å². The molecule has 2 aliphatic rings. The van der Waals surface area contributed by atoms with Crippen LogP contribution in [0.5, 0.6) is 5.75 Å². The first-order valence-corrected chi connectivity index (χ1v) is 10.5. The Bertz CT molecular complexity index is 783. The molecule has 1 heterocycles. The fourth-order valence-electron chi connectivity index (χ4n) is 4.72. The van der Waals surface area contributed by atoms with Crippen molar-refractivity contribution < 1.29 is 19.1 Å². The Morgan fingerprint density at radius 1 is 1.24 bits per heavy atom. The lowest BCUT2D eigenvalue weighted by Gasteiger charge is -2.41. The molecule has 2 fully saturated rings. The van der Waals surface area contributed by atoms with Crippen LogP contribution in [0.25, 0.3) is 0 Å². The second kappa shape index (κ2) is 8.31. The molecule has 1 aliphatic heterocycles. The predicted molar refractivity (Wildman–Crippen MR) is 112 cm³/mol. The van der Waals surface area contributed by atoms with Gasteiger partial charge in [-0.25, -0.2) is 0 Å². The third kappa shape index (κ3) is 3.85. The summed E-state index contributed by atoms with van der Waals surface area (Å²) in [4.78, 5) is 27.4. The molecule has 1 aromatic rings. The standard InChI is InChI=1S/C24H33NO4/c1-17(8-6-7-15-29-16-18-9-11-19(28-5)12-10-18)21(26)25-22(27)20-13-14-24(25,4)23(20,2)3/h6-7,9-12,17,20H,8,13-16H2,1-5H3/b7-6+/t17-,20-,24-/m0/s1. The summed E-state index contributed by atoms with van der Waals surface area (Å²) in [5.41, 5.74) is 0.580. The Morgan fingerprint density at radius 3 is 2.52 bits per heavy atom. The zero-order valence-electron chi connectivity index (χ0n) is 18.2. The SMILES string of the molecule is COc1ccc(COC/C=C/C[C@H](C)C(=O)N2C(=O)[C@@H]3CC[C@@]2(C)C3(C)C)cc1. The number of rotatable bonds is 8. The molecule has 1 saturated heterocycles. The van der Waals surface area contributed by atoms with E-state index in [2.05, 4.69) is 20.8 Å². The van der Waals surface area contributed by atoms with Crippen LogP contribution >= 0.6 is 0 Å². The first-order valence-electron chi connectivity index (χ1n) is 10.5.